The van der Waals surface area contributed by atoms with E-state index >= 15 is 0 Å². The van der Waals surface area contributed by atoms with E-state index in [2.05, 4.69) is 17.2 Å². The van der Waals surface area contributed by atoms with Crippen molar-refractivity contribution < 1.29 is 14.3 Å². The Morgan fingerprint density at radius 2 is 2.00 bits per heavy atom. The van der Waals surface area contributed by atoms with Crippen LogP contribution < -0.4 is 5.32 Å². The Morgan fingerprint density at radius 1 is 1.22 bits per heavy atom. The van der Waals surface area contributed by atoms with Gasteiger partial charge in [0.25, 0.3) is 0 Å². The summed E-state index contributed by atoms with van der Waals surface area (Å²) in [5, 5.41) is 2.96. The summed E-state index contributed by atoms with van der Waals surface area (Å²) in [6.45, 7) is 4.24. The molecule has 0 radical (unpaired) electrons. The predicted octanol–water partition coefficient (Wildman–Crippen LogP) is 4.45. The smallest absolute Gasteiger partial charge is 0.360 e. The zero-order chi connectivity index (χ0) is 19.2. The number of carbonyl (C=O) groups excluding carboxylic acids is 2. The molecule has 1 saturated carbocycles. The highest BCUT2D eigenvalue weighted by atomic mass is 16.5. The molecule has 146 valence electrons. The van der Waals surface area contributed by atoms with Crippen LogP contribution in [0.15, 0.2) is 24.4 Å². The van der Waals surface area contributed by atoms with Crippen molar-refractivity contribution in [2.45, 2.75) is 58.8 Å². The van der Waals surface area contributed by atoms with Gasteiger partial charge in [-0.3, -0.25) is 9.20 Å². The van der Waals surface area contributed by atoms with Crippen molar-refractivity contribution in [3.05, 3.63) is 30.1 Å². The normalized spacial score (nSPS) is 19.8. The van der Waals surface area contributed by atoms with Gasteiger partial charge in [-0.25, -0.2) is 9.78 Å². The van der Waals surface area contributed by atoms with Gasteiger partial charge in [-0.05, 0) is 50.7 Å². The molecule has 2 heterocycles. The SMILES string of the molecule is CCCCC1CCC(C(=O)Nc2c(C(=O)OCC)nc3ccccn23)CC1. The van der Waals surface area contributed by atoms with Crippen molar-refractivity contribution in [3.63, 3.8) is 0 Å². The summed E-state index contributed by atoms with van der Waals surface area (Å²) in [6, 6.07) is 5.50. The van der Waals surface area contributed by atoms with E-state index in [0.29, 0.717) is 11.5 Å². The molecule has 0 aliphatic heterocycles. The fourth-order valence-electron chi connectivity index (χ4n) is 3.88. The Balaban J connectivity index is 1.73. The lowest BCUT2D eigenvalue weighted by Crippen LogP contribution is -2.28. The molecule has 1 amide bonds. The fourth-order valence-corrected chi connectivity index (χ4v) is 3.88. The van der Waals surface area contributed by atoms with Crippen molar-refractivity contribution in [1.82, 2.24) is 9.38 Å². The molecule has 0 atom stereocenters. The van der Waals surface area contributed by atoms with Gasteiger partial charge in [0, 0.05) is 12.1 Å². The van der Waals surface area contributed by atoms with Gasteiger partial charge in [0.15, 0.2) is 11.5 Å². The highest BCUT2D eigenvalue weighted by Gasteiger charge is 2.28. The first-order valence-corrected chi connectivity index (χ1v) is 10.1. The third-order valence-corrected chi connectivity index (χ3v) is 5.42. The Morgan fingerprint density at radius 3 is 2.70 bits per heavy atom. The lowest BCUT2D eigenvalue weighted by atomic mass is 9.79. The van der Waals surface area contributed by atoms with Crippen molar-refractivity contribution in [3.8, 4) is 0 Å². The van der Waals surface area contributed by atoms with Gasteiger partial charge < -0.3 is 10.1 Å². The van der Waals surface area contributed by atoms with Crippen LogP contribution in [-0.4, -0.2) is 27.9 Å². The van der Waals surface area contributed by atoms with Gasteiger partial charge in [0.1, 0.15) is 5.65 Å². The Bertz CT molecular complexity index is 791. The minimum absolute atomic E-state index is 0.00724. The summed E-state index contributed by atoms with van der Waals surface area (Å²) in [4.78, 5) is 29.5. The number of ether oxygens (including phenoxy) is 1. The molecular weight excluding hydrogens is 342 g/mol. The summed E-state index contributed by atoms with van der Waals surface area (Å²) in [7, 11) is 0. The van der Waals surface area contributed by atoms with Gasteiger partial charge in [-0.2, -0.15) is 0 Å². The maximum Gasteiger partial charge on any atom is 0.360 e. The number of hydrogen-bond acceptors (Lipinski definition) is 4. The predicted molar refractivity (Wildman–Crippen MR) is 105 cm³/mol. The van der Waals surface area contributed by atoms with Crippen molar-refractivity contribution >= 4 is 23.3 Å². The van der Waals surface area contributed by atoms with Crippen molar-refractivity contribution in [1.29, 1.82) is 0 Å². The largest absolute Gasteiger partial charge is 0.461 e. The minimum atomic E-state index is -0.514. The van der Waals surface area contributed by atoms with Gasteiger partial charge in [-0.15, -0.1) is 0 Å². The molecular formula is C21H29N3O3. The van der Waals surface area contributed by atoms with Crippen LogP contribution in [0.25, 0.3) is 5.65 Å². The molecule has 1 aliphatic carbocycles. The molecule has 3 rings (SSSR count). The van der Waals surface area contributed by atoms with E-state index in [1.54, 1.807) is 23.6 Å². The first-order chi connectivity index (χ1) is 13.1. The molecule has 2 aromatic heterocycles. The standard InChI is InChI=1S/C21H29N3O3/c1-3-5-8-15-10-12-16(13-11-15)20(25)23-19-18(21(26)27-4-2)22-17-9-6-7-14-24(17)19/h6-7,9,14-16H,3-5,8,10-13H2,1-2H3,(H,23,25). The Kier molecular flexibility index (Phi) is 6.48. The van der Waals surface area contributed by atoms with Gasteiger partial charge in [0.2, 0.25) is 5.91 Å². The number of rotatable bonds is 7. The van der Waals surface area contributed by atoms with Crippen LogP contribution in [0.4, 0.5) is 5.82 Å². The summed E-state index contributed by atoms with van der Waals surface area (Å²) >= 11 is 0. The third kappa shape index (κ3) is 4.49. The lowest BCUT2D eigenvalue weighted by Gasteiger charge is -2.27. The van der Waals surface area contributed by atoms with Crippen LogP contribution in [-0.2, 0) is 9.53 Å². The molecule has 6 heteroatoms. The summed E-state index contributed by atoms with van der Waals surface area (Å²) < 4.78 is 6.84. The Hall–Kier alpha value is -2.37. The molecule has 1 N–H and O–H groups in total. The van der Waals surface area contributed by atoms with E-state index in [0.717, 1.165) is 31.6 Å². The lowest BCUT2D eigenvalue weighted by molar-refractivity contribution is -0.121. The molecule has 2 aromatic rings. The second kappa shape index (κ2) is 9.02. The van der Waals surface area contributed by atoms with Crippen LogP contribution in [0.2, 0.25) is 0 Å². The van der Waals surface area contributed by atoms with Crippen LogP contribution in [0, 0.1) is 11.8 Å². The first kappa shape index (κ1) is 19.4. The van der Waals surface area contributed by atoms with Gasteiger partial charge in [0.05, 0.1) is 6.61 Å². The molecule has 1 fully saturated rings. The number of unbranched alkanes of at least 4 members (excludes halogenated alkanes) is 1. The van der Waals surface area contributed by atoms with Crippen LogP contribution in [0.5, 0.6) is 0 Å². The topological polar surface area (TPSA) is 72.7 Å². The molecule has 0 spiro atoms. The zero-order valence-corrected chi connectivity index (χ0v) is 16.2. The molecule has 0 unspecified atom stereocenters. The first-order valence-electron chi connectivity index (χ1n) is 10.1. The average molecular weight is 371 g/mol. The number of pyridine rings is 1. The maximum absolute atomic E-state index is 12.9. The number of nitrogens with zero attached hydrogens (tertiary/aromatic N) is 2. The molecule has 6 nitrogen and oxygen atoms in total. The van der Waals surface area contributed by atoms with Gasteiger partial charge in [-0.1, -0.05) is 32.3 Å². The zero-order valence-electron chi connectivity index (χ0n) is 16.2. The molecule has 0 aromatic carbocycles. The maximum atomic E-state index is 12.9. The molecule has 1 aliphatic rings. The average Bonchev–Trinajstić information content (AvgIpc) is 3.05. The van der Waals surface area contributed by atoms with E-state index in [1.165, 1.54) is 19.3 Å². The van der Waals surface area contributed by atoms with Crippen molar-refractivity contribution in [2.75, 3.05) is 11.9 Å². The molecule has 0 bridgehead atoms. The quantitative estimate of drug-likeness (QED) is 0.730. The third-order valence-electron chi connectivity index (χ3n) is 5.42. The second-order valence-corrected chi connectivity index (χ2v) is 7.31. The van der Waals surface area contributed by atoms with Crippen LogP contribution in [0.1, 0.15) is 69.3 Å². The van der Waals surface area contributed by atoms with Crippen LogP contribution >= 0.6 is 0 Å². The Labute approximate surface area is 160 Å². The summed E-state index contributed by atoms with van der Waals surface area (Å²) in [5.74, 6) is 0.606. The molecule has 27 heavy (non-hydrogen) atoms. The highest BCUT2D eigenvalue weighted by Crippen LogP contribution is 2.33. The number of anilines is 1. The number of amides is 1. The number of esters is 1. The van der Waals surface area contributed by atoms with E-state index < -0.39 is 5.97 Å². The summed E-state index contributed by atoms with van der Waals surface area (Å²) in [5.41, 5.74) is 0.771. The van der Waals surface area contributed by atoms with E-state index in [1.807, 2.05) is 12.1 Å². The number of imidazole rings is 1. The van der Waals surface area contributed by atoms with E-state index in [-0.39, 0.29) is 24.1 Å². The highest BCUT2D eigenvalue weighted by molar-refractivity contribution is 6.00. The van der Waals surface area contributed by atoms with Gasteiger partial charge >= 0.3 is 5.97 Å². The van der Waals surface area contributed by atoms with E-state index in [9.17, 15) is 9.59 Å². The number of aromatic nitrogens is 2. The number of hydrogen-bond donors (Lipinski definition) is 1. The minimum Gasteiger partial charge on any atom is -0.461 e. The number of fused-ring (bicyclic) bond motifs is 1. The van der Waals surface area contributed by atoms with E-state index in [4.69, 9.17) is 4.74 Å². The molecule has 0 saturated heterocycles. The monoisotopic (exact) mass is 371 g/mol. The number of nitrogens with one attached hydrogen (secondary N) is 1. The fraction of sp³-hybridized carbons (Fsp3) is 0.571. The van der Waals surface area contributed by atoms with Crippen molar-refractivity contribution in [2.24, 2.45) is 11.8 Å². The van der Waals surface area contributed by atoms with Crippen LogP contribution in [0.3, 0.4) is 0 Å². The summed E-state index contributed by atoms with van der Waals surface area (Å²) in [6.07, 6.45) is 9.59. The number of carbonyl (C=O) groups is 2. The second-order valence-electron chi connectivity index (χ2n) is 7.31.